The highest BCUT2D eigenvalue weighted by atomic mass is 35.5. The van der Waals surface area contributed by atoms with Crippen LogP contribution in [0.15, 0.2) is 34.9 Å². The molecule has 6 heteroatoms. The third kappa shape index (κ3) is 2.51. The molecule has 0 spiro atoms. The molecule has 114 valence electrons. The van der Waals surface area contributed by atoms with Crippen molar-refractivity contribution in [3.63, 3.8) is 0 Å². The summed E-state index contributed by atoms with van der Waals surface area (Å²) in [7, 11) is 0. The number of nitrogens with zero attached hydrogens (tertiary/aromatic N) is 1. The topological polar surface area (TPSA) is 67.2 Å². The Morgan fingerprint density at radius 1 is 1.41 bits per heavy atom. The van der Waals surface area contributed by atoms with Gasteiger partial charge >= 0.3 is 5.91 Å². The molecule has 3 atom stereocenters. The lowest BCUT2D eigenvalue weighted by Crippen LogP contribution is -2.43. The van der Waals surface area contributed by atoms with Gasteiger partial charge in [-0.25, -0.2) is 4.98 Å². The van der Waals surface area contributed by atoms with E-state index in [0.717, 1.165) is 18.4 Å². The van der Waals surface area contributed by atoms with Gasteiger partial charge in [0.2, 0.25) is 0 Å². The number of nitrogens with one attached hydrogen (secondary N) is 2. The molecule has 2 saturated heterocycles. The molecule has 22 heavy (non-hydrogen) atoms. The minimum Gasteiger partial charge on any atom is -0.432 e. The molecule has 1 amide bonds. The number of benzene rings is 1. The summed E-state index contributed by atoms with van der Waals surface area (Å²) < 4.78 is 5.57. The average Bonchev–Trinajstić information content (AvgIpc) is 3.23. The molecule has 2 aromatic rings. The first-order valence-electron chi connectivity index (χ1n) is 7.48. The lowest BCUT2D eigenvalue weighted by Gasteiger charge is -2.20. The van der Waals surface area contributed by atoms with E-state index in [2.05, 4.69) is 15.6 Å². The molecule has 1 aromatic heterocycles. The average molecular weight is 318 g/mol. The minimum atomic E-state index is -0.257. The van der Waals surface area contributed by atoms with Crippen LogP contribution in [0.4, 0.5) is 0 Å². The maximum atomic E-state index is 12.3. The van der Waals surface area contributed by atoms with Crippen LogP contribution in [-0.4, -0.2) is 29.0 Å². The van der Waals surface area contributed by atoms with Crippen LogP contribution in [0.5, 0.6) is 0 Å². The Labute approximate surface area is 133 Å². The van der Waals surface area contributed by atoms with E-state index in [9.17, 15) is 4.79 Å². The van der Waals surface area contributed by atoms with Gasteiger partial charge in [0, 0.05) is 28.7 Å². The Kier molecular flexibility index (Phi) is 3.39. The van der Waals surface area contributed by atoms with Crippen LogP contribution in [0.25, 0.3) is 11.3 Å². The monoisotopic (exact) mass is 317 g/mol. The molecule has 0 unspecified atom stereocenters. The third-order valence-electron chi connectivity index (χ3n) is 4.43. The Balaban J connectivity index is 1.48. The van der Waals surface area contributed by atoms with E-state index in [-0.39, 0.29) is 17.8 Å². The molecule has 0 aliphatic carbocycles. The van der Waals surface area contributed by atoms with E-state index in [0.29, 0.717) is 22.9 Å². The zero-order valence-electron chi connectivity index (χ0n) is 11.9. The van der Waals surface area contributed by atoms with E-state index in [1.807, 2.05) is 12.1 Å². The van der Waals surface area contributed by atoms with E-state index in [4.69, 9.17) is 16.0 Å². The van der Waals surface area contributed by atoms with Gasteiger partial charge in [-0.2, -0.15) is 0 Å². The lowest BCUT2D eigenvalue weighted by atomic mass is 9.95. The summed E-state index contributed by atoms with van der Waals surface area (Å²) in [5.41, 5.74) is 0.806. The fourth-order valence-electron chi connectivity index (χ4n) is 3.37. The van der Waals surface area contributed by atoms with Crippen molar-refractivity contribution in [1.29, 1.82) is 0 Å². The first-order chi connectivity index (χ1) is 10.7. The molecule has 2 aliphatic rings. The number of halogens is 1. The van der Waals surface area contributed by atoms with Crippen LogP contribution in [0, 0.1) is 0 Å². The number of rotatable bonds is 3. The van der Waals surface area contributed by atoms with Gasteiger partial charge in [0.15, 0.2) is 5.76 Å². The quantitative estimate of drug-likeness (QED) is 0.913. The van der Waals surface area contributed by atoms with Crippen molar-refractivity contribution >= 4 is 17.5 Å². The predicted molar refractivity (Wildman–Crippen MR) is 82.8 cm³/mol. The van der Waals surface area contributed by atoms with Gasteiger partial charge in [-0.05, 0) is 31.4 Å². The Morgan fingerprint density at radius 2 is 2.32 bits per heavy atom. The number of carbonyl (C=O) groups is 1. The molecule has 0 radical (unpaired) electrons. The molecule has 2 fully saturated rings. The Hall–Kier alpha value is -1.85. The second kappa shape index (κ2) is 5.41. The van der Waals surface area contributed by atoms with Crippen LogP contribution in [0.3, 0.4) is 0 Å². The zero-order valence-corrected chi connectivity index (χ0v) is 12.6. The van der Waals surface area contributed by atoms with Crippen LogP contribution in [0.2, 0.25) is 5.02 Å². The van der Waals surface area contributed by atoms with Gasteiger partial charge in [-0.3, -0.25) is 4.79 Å². The fourth-order valence-corrected chi connectivity index (χ4v) is 3.56. The molecule has 5 nitrogen and oxygen atoms in total. The van der Waals surface area contributed by atoms with Crippen LogP contribution in [0.1, 0.15) is 29.9 Å². The smallest absolute Gasteiger partial charge is 0.307 e. The number of hydrogen-bond acceptors (Lipinski definition) is 4. The molecule has 2 bridgehead atoms. The summed E-state index contributed by atoms with van der Waals surface area (Å²) in [4.78, 5) is 16.4. The molecule has 0 saturated carbocycles. The minimum absolute atomic E-state index is 0.0951. The van der Waals surface area contributed by atoms with E-state index in [1.165, 1.54) is 6.42 Å². The van der Waals surface area contributed by atoms with Crippen molar-refractivity contribution in [2.45, 2.75) is 37.4 Å². The third-order valence-corrected chi connectivity index (χ3v) is 4.66. The Bertz CT molecular complexity index is 715. The van der Waals surface area contributed by atoms with Crippen molar-refractivity contribution in [1.82, 2.24) is 15.6 Å². The van der Waals surface area contributed by atoms with Gasteiger partial charge in [0.25, 0.3) is 5.89 Å². The van der Waals surface area contributed by atoms with Gasteiger partial charge in [-0.15, -0.1) is 0 Å². The fraction of sp³-hybridized carbons (Fsp3) is 0.375. The summed E-state index contributed by atoms with van der Waals surface area (Å²) in [6.45, 7) is 0. The molecule has 2 aliphatic heterocycles. The molecular weight excluding hydrogens is 302 g/mol. The number of oxazole rings is 1. The maximum absolute atomic E-state index is 12.3. The first-order valence-corrected chi connectivity index (χ1v) is 7.85. The first kappa shape index (κ1) is 13.8. The number of aromatic nitrogens is 1. The van der Waals surface area contributed by atoms with Crippen LogP contribution < -0.4 is 10.6 Å². The van der Waals surface area contributed by atoms with Gasteiger partial charge in [0.1, 0.15) is 0 Å². The molecular formula is C16H16ClN3O2. The Morgan fingerprint density at radius 3 is 3.05 bits per heavy atom. The maximum Gasteiger partial charge on any atom is 0.307 e. The van der Waals surface area contributed by atoms with E-state index < -0.39 is 0 Å². The largest absolute Gasteiger partial charge is 0.432 e. The highest BCUT2D eigenvalue weighted by Gasteiger charge is 2.40. The number of fused-ring (bicyclic) bond motifs is 2. The second-order valence-corrected chi connectivity index (χ2v) is 6.34. The van der Waals surface area contributed by atoms with Crippen molar-refractivity contribution in [2.24, 2.45) is 0 Å². The summed E-state index contributed by atoms with van der Waals surface area (Å²) in [6, 6.07) is 8.38. The second-order valence-electron chi connectivity index (χ2n) is 5.90. The highest BCUT2D eigenvalue weighted by molar-refractivity contribution is 6.30. The zero-order chi connectivity index (χ0) is 15.1. The van der Waals surface area contributed by atoms with Crippen molar-refractivity contribution in [2.75, 3.05) is 0 Å². The van der Waals surface area contributed by atoms with E-state index >= 15 is 0 Å². The van der Waals surface area contributed by atoms with Gasteiger partial charge in [-0.1, -0.05) is 23.7 Å². The van der Waals surface area contributed by atoms with Crippen molar-refractivity contribution < 1.29 is 9.21 Å². The summed E-state index contributed by atoms with van der Waals surface area (Å²) >= 11 is 5.97. The molecule has 4 rings (SSSR count). The van der Waals surface area contributed by atoms with Crippen molar-refractivity contribution in [3.05, 3.63) is 41.4 Å². The van der Waals surface area contributed by atoms with Gasteiger partial charge in [0.05, 0.1) is 6.20 Å². The van der Waals surface area contributed by atoms with E-state index in [1.54, 1.807) is 18.3 Å². The van der Waals surface area contributed by atoms with Crippen molar-refractivity contribution in [3.8, 4) is 11.3 Å². The molecule has 3 heterocycles. The summed E-state index contributed by atoms with van der Waals surface area (Å²) in [5, 5.41) is 7.13. The number of hydrogen-bond donors (Lipinski definition) is 2. The number of amides is 1. The molecule has 1 aromatic carbocycles. The van der Waals surface area contributed by atoms with Gasteiger partial charge < -0.3 is 15.1 Å². The van der Waals surface area contributed by atoms with Crippen LogP contribution in [-0.2, 0) is 0 Å². The highest BCUT2D eigenvalue weighted by Crippen LogP contribution is 2.28. The summed E-state index contributed by atoms with van der Waals surface area (Å²) in [5.74, 6) is 0.379. The SMILES string of the molecule is O=C(N[C@@H]1C[C@H]2CC[C@@H]1N2)c1ncc(-c2cccc(Cl)c2)o1. The standard InChI is InChI=1S/C16H16ClN3O2/c17-10-3-1-2-9(6-10)14-8-18-16(22-14)15(21)20-13-7-11-4-5-12(13)19-11/h1-3,6,8,11-13,19H,4-5,7H2,(H,20,21)/t11-,12+,13-/m1/s1. The summed E-state index contributed by atoms with van der Waals surface area (Å²) in [6.07, 6.45) is 4.86. The molecule has 2 N–H and O–H groups in total. The number of carbonyl (C=O) groups excluding carboxylic acids is 1. The van der Waals surface area contributed by atoms with Crippen LogP contribution >= 0.6 is 11.6 Å². The predicted octanol–water partition coefficient (Wildman–Crippen LogP) is 2.62. The normalized spacial score (nSPS) is 26.3. The lowest BCUT2D eigenvalue weighted by molar-refractivity contribution is 0.0896.